The average molecular weight is 1180 g/mol. The average Bonchev–Trinajstić information content (AvgIpc) is 3.92. The highest BCUT2D eigenvalue weighted by atomic mass is 79.9. The normalized spacial score (nSPS) is 41.3. The molecule has 2 saturated heterocycles. The van der Waals surface area contributed by atoms with E-state index < -0.39 is 31.2 Å². The van der Waals surface area contributed by atoms with Crippen molar-refractivity contribution in [3.63, 3.8) is 0 Å². The van der Waals surface area contributed by atoms with Crippen molar-refractivity contribution in [1.82, 2.24) is 18.8 Å². The van der Waals surface area contributed by atoms with Crippen LogP contribution in [-0.2, 0) is 39.1 Å². The molecular formula is C59H109BrN4O10S2. The number of nitrogens with one attached hydrogen (secondary N) is 1. The molecule has 444 valence electrons. The summed E-state index contributed by atoms with van der Waals surface area (Å²) in [6, 6.07) is 0. The number of alkyl halides is 1. The molecule has 2 aliphatic heterocycles. The number of rotatable bonds is 13. The minimum absolute atomic E-state index is 0. The van der Waals surface area contributed by atoms with Crippen molar-refractivity contribution in [3.05, 3.63) is 0 Å². The van der Waals surface area contributed by atoms with Crippen LogP contribution < -0.4 is 5.32 Å². The van der Waals surface area contributed by atoms with E-state index in [1.165, 1.54) is 85.3 Å². The molecule has 10 rings (SSSR count). The summed E-state index contributed by atoms with van der Waals surface area (Å²) in [5, 5.41) is 25.7. The van der Waals surface area contributed by atoms with Crippen molar-refractivity contribution in [2.45, 2.75) is 177 Å². The van der Waals surface area contributed by atoms with E-state index >= 15 is 0 Å². The first-order chi connectivity index (χ1) is 34.6. The van der Waals surface area contributed by atoms with Gasteiger partial charge in [0.25, 0.3) is 0 Å². The van der Waals surface area contributed by atoms with Crippen molar-refractivity contribution >= 4 is 47.5 Å². The van der Waals surface area contributed by atoms with Crippen molar-refractivity contribution in [1.29, 1.82) is 0 Å². The Morgan fingerprint density at radius 1 is 0.553 bits per heavy atom. The van der Waals surface area contributed by atoms with Gasteiger partial charge < -0.3 is 25.0 Å². The minimum Gasteiger partial charge on any atom is -0.387 e. The van der Waals surface area contributed by atoms with Crippen LogP contribution in [0.3, 0.4) is 0 Å². The number of carbonyl (C=O) groups excluding carboxylic acids is 2. The summed E-state index contributed by atoms with van der Waals surface area (Å²) in [7, 11) is -6.08. The second-order valence-corrected chi connectivity index (χ2v) is 30.4. The molecule has 2 heterocycles. The molecule has 0 aromatic rings. The van der Waals surface area contributed by atoms with Gasteiger partial charge in [-0.05, 0) is 199 Å². The molecule has 10 fully saturated rings. The maximum Gasteiger partial charge on any atom is 0.211 e. The van der Waals surface area contributed by atoms with Crippen LogP contribution in [0.25, 0.3) is 0 Å². The maximum absolute atomic E-state index is 13.6. The molecule has 0 aromatic carbocycles. The first kappa shape index (κ1) is 66.2. The molecule has 0 bridgehead atoms. The zero-order chi connectivity index (χ0) is 52.6. The number of ether oxygens (including phenoxy) is 2. The highest BCUT2D eigenvalue weighted by Gasteiger charge is 2.61. The first-order valence-electron chi connectivity index (χ1n) is 29.1. The molecule has 10 aliphatic rings. The zero-order valence-electron chi connectivity index (χ0n) is 45.8. The number of halogens is 1. The number of carbonyl (C=O) groups is 2. The number of hydrogen-bond acceptors (Lipinski definition) is 12. The van der Waals surface area contributed by atoms with Gasteiger partial charge in [0.1, 0.15) is 11.6 Å². The number of fused-ring (bicyclic) bond motifs is 10. The predicted molar refractivity (Wildman–Crippen MR) is 310 cm³/mol. The van der Waals surface area contributed by atoms with Gasteiger partial charge in [-0.2, -0.15) is 8.61 Å². The SMILES string of the molecule is C.C.C.CCOC[C@@]1(O)CC[C@H]2[C@@H](CC[C@@H]3[C@@H]2CC[C@]2(C)[C@@H](C(=O)CBr)CC[C@@H]32)C1.CCOC[C@@]1(O)CC[C@H]2[C@@H](CC[C@@H]3[C@@H]2CC[C@]2(C)[C@@H](C(=O)CN4CCN(S(C)(=O)=O)CC4)CC[C@@H]32)C1.CS(=O)(=O)N1CCNCC1. The summed E-state index contributed by atoms with van der Waals surface area (Å²) in [6.07, 6.45) is 23.0. The van der Waals surface area contributed by atoms with E-state index in [0.29, 0.717) is 107 Å². The number of hydrogen-bond donors (Lipinski definition) is 3. The fourth-order valence-electron chi connectivity index (χ4n) is 18.4. The Morgan fingerprint density at radius 3 is 1.36 bits per heavy atom. The molecule has 76 heavy (non-hydrogen) atoms. The maximum atomic E-state index is 13.6. The fraction of sp³-hybridized carbons (Fsp3) is 0.966. The van der Waals surface area contributed by atoms with Gasteiger partial charge in [0, 0.05) is 77.4 Å². The van der Waals surface area contributed by atoms with Crippen molar-refractivity contribution in [3.8, 4) is 0 Å². The van der Waals surface area contributed by atoms with Crippen molar-refractivity contribution < 1.29 is 46.1 Å². The van der Waals surface area contributed by atoms with E-state index in [-0.39, 0.29) is 44.9 Å². The van der Waals surface area contributed by atoms with Crippen LogP contribution in [0.2, 0.25) is 0 Å². The van der Waals surface area contributed by atoms with Crippen molar-refractivity contribution in [2.75, 3.05) is 103 Å². The molecular weight excluding hydrogens is 1070 g/mol. The molecule has 0 radical (unpaired) electrons. The molecule has 0 aromatic heterocycles. The lowest BCUT2D eigenvalue weighted by molar-refractivity contribution is -0.138. The number of aliphatic hydroxyl groups is 2. The Hall–Kier alpha value is -0.600. The number of nitrogens with zero attached hydrogens (tertiary/aromatic N) is 3. The molecule has 17 heteroatoms. The lowest BCUT2D eigenvalue weighted by atomic mass is 9.49. The third-order valence-corrected chi connectivity index (χ3v) is 25.2. The van der Waals surface area contributed by atoms with Gasteiger partial charge in [-0.25, -0.2) is 16.8 Å². The molecule has 0 spiro atoms. The van der Waals surface area contributed by atoms with E-state index in [4.69, 9.17) is 9.47 Å². The monoisotopic (exact) mass is 1180 g/mol. The fourth-order valence-corrected chi connectivity index (χ4v) is 20.5. The molecule has 8 aliphatic carbocycles. The Balaban J connectivity index is 0.000000235. The van der Waals surface area contributed by atoms with E-state index in [0.717, 1.165) is 106 Å². The number of sulfonamides is 2. The largest absolute Gasteiger partial charge is 0.387 e. The third-order valence-electron chi connectivity index (χ3n) is 22.0. The van der Waals surface area contributed by atoms with Crippen LogP contribution in [0.1, 0.15) is 166 Å². The van der Waals surface area contributed by atoms with E-state index in [9.17, 15) is 36.6 Å². The van der Waals surface area contributed by atoms with E-state index in [1.54, 1.807) is 0 Å². The number of Topliss-reactive ketones (excluding diaryl/α,β-unsaturated/α-hetero) is 2. The summed E-state index contributed by atoms with van der Waals surface area (Å²) >= 11 is 3.42. The Morgan fingerprint density at radius 2 is 0.961 bits per heavy atom. The van der Waals surface area contributed by atoms with Crippen LogP contribution in [0.5, 0.6) is 0 Å². The predicted octanol–water partition coefficient (Wildman–Crippen LogP) is 8.92. The first-order valence-corrected chi connectivity index (χ1v) is 33.9. The molecule has 16 atom stereocenters. The highest BCUT2D eigenvalue weighted by Crippen LogP contribution is 2.66. The second kappa shape index (κ2) is 27.2. The van der Waals surface area contributed by atoms with Gasteiger partial charge in [-0.15, -0.1) is 0 Å². The Bertz CT molecular complexity index is 2110. The molecule has 3 N–H and O–H groups in total. The van der Waals surface area contributed by atoms with Gasteiger partial charge in [-0.1, -0.05) is 52.1 Å². The number of piperazine rings is 2. The van der Waals surface area contributed by atoms with Gasteiger partial charge >= 0.3 is 0 Å². The molecule has 0 unspecified atom stereocenters. The summed E-state index contributed by atoms with van der Waals surface area (Å²) in [5.74, 6) is 8.62. The van der Waals surface area contributed by atoms with Crippen LogP contribution in [0, 0.1) is 81.8 Å². The Labute approximate surface area is 471 Å². The highest BCUT2D eigenvalue weighted by molar-refractivity contribution is 9.09. The van der Waals surface area contributed by atoms with Crippen LogP contribution >= 0.6 is 15.9 Å². The van der Waals surface area contributed by atoms with Crippen LogP contribution in [-0.4, -0.2) is 166 Å². The number of ketones is 2. The van der Waals surface area contributed by atoms with Gasteiger partial charge in [0.15, 0.2) is 0 Å². The van der Waals surface area contributed by atoms with Gasteiger partial charge in [0.2, 0.25) is 20.0 Å². The quantitative estimate of drug-likeness (QED) is 0.149. The van der Waals surface area contributed by atoms with Crippen LogP contribution in [0.4, 0.5) is 0 Å². The summed E-state index contributed by atoms with van der Waals surface area (Å²) < 4.78 is 59.7. The smallest absolute Gasteiger partial charge is 0.211 e. The van der Waals surface area contributed by atoms with Crippen LogP contribution in [0.15, 0.2) is 0 Å². The van der Waals surface area contributed by atoms with Crippen molar-refractivity contribution in [2.24, 2.45) is 81.8 Å². The summed E-state index contributed by atoms with van der Waals surface area (Å²) in [5.41, 5.74) is -0.869. The van der Waals surface area contributed by atoms with E-state index in [1.807, 2.05) is 13.8 Å². The van der Waals surface area contributed by atoms with E-state index in [2.05, 4.69) is 40.0 Å². The second-order valence-electron chi connectivity index (χ2n) is 25.8. The molecule has 8 saturated carbocycles. The lowest BCUT2D eigenvalue weighted by Gasteiger charge is -2.57. The Kier molecular flexibility index (Phi) is 23.7. The third kappa shape index (κ3) is 14.4. The molecule has 14 nitrogen and oxygen atoms in total. The van der Waals surface area contributed by atoms with Gasteiger partial charge in [-0.3, -0.25) is 14.5 Å². The minimum atomic E-state index is -3.15. The zero-order valence-corrected chi connectivity index (χ0v) is 49.0. The standard InChI is InChI=1S/C28H48N2O5S.C23H37BrO3.C5H12N2O2S.3CH4/c1-4-35-19-28(32)12-10-21-20(17-28)5-6-23-22(21)9-11-27(2)24(23)7-8-25(27)26(31)18-29-13-15-30(16-14-29)36(3,33)34;1-3-27-14-23(26)11-9-16-15(12-23)4-5-18-17(16)8-10-22(2)19(18)6-7-20(22)21(25)13-24;1-10(8,9)7-4-2-6-3-5-7;;;/h20-25,32H,4-19H2,1-3H3;15-20,26H,3-14H2,1-2H3;6H,2-5H2,1H3;3*1H4/t20-,21-,22+,23+,24-,25+,27-,28+;15-,16-,17+,18+,19-,20+,22-,23+;;;;/m00..../s1. The van der Waals surface area contributed by atoms with Gasteiger partial charge in [0.05, 0.1) is 48.8 Å². The molecule has 0 amide bonds. The topological polar surface area (TPSA) is 183 Å². The summed E-state index contributed by atoms with van der Waals surface area (Å²) in [6.45, 7) is 16.7. The summed E-state index contributed by atoms with van der Waals surface area (Å²) in [4.78, 5) is 28.3. The lowest BCUT2D eigenvalue weighted by Crippen LogP contribution is -2.53.